The average Bonchev–Trinajstić information content (AvgIpc) is 3.67. The number of amides is 1. The van der Waals surface area contributed by atoms with Crippen LogP contribution in [0.2, 0.25) is 0 Å². The van der Waals surface area contributed by atoms with Crippen molar-refractivity contribution >= 4 is 18.0 Å². The summed E-state index contributed by atoms with van der Waals surface area (Å²) < 4.78 is 17.6. The maximum Gasteiger partial charge on any atom is 0.414 e. The van der Waals surface area contributed by atoms with Gasteiger partial charge in [-0.3, -0.25) is 9.69 Å². The number of carbonyl (C=O) groups excluding carboxylic acids is 3. The van der Waals surface area contributed by atoms with Gasteiger partial charge >= 0.3 is 18.0 Å². The number of hydrogen-bond donors (Lipinski definition) is 1. The van der Waals surface area contributed by atoms with Crippen LogP contribution in [0.3, 0.4) is 0 Å². The summed E-state index contributed by atoms with van der Waals surface area (Å²) in [6.07, 6.45) is 1.64. The zero-order valence-corrected chi connectivity index (χ0v) is 21.1. The van der Waals surface area contributed by atoms with Crippen LogP contribution < -0.4 is 0 Å². The van der Waals surface area contributed by atoms with Gasteiger partial charge in [0.05, 0.1) is 30.5 Å². The number of likely N-dealkylation sites (tertiary alicyclic amines) is 1. The Labute approximate surface area is 218 Å². The Morgan fingerprint density at radius 2 is 2.08 bits per heavy atom. The first kappa shape index (κ1) is 25.7. The fourth-order valence-corrected chi connectivity index (χ4v) is 5.13. The van der Waals surface area contributed by atoms with Crippen LogP contribution in [-0.4, -0.2) is 104 Å². The number of aliphatic hydroxyl groups excluding tert-OH is 1. The Kier molecular flexibility index (Phi) is 7.08. The number of esters is 2. The third kappa shape index (κ3) is 4.72. The largest absolute Gasteiger partial charge is 0.465 e. The molecule has 2 unspecified atom stereocenters. The topological polar surface area (TPSA) is 162 Å². The summed E-state index contributed by atoms with van der Waals surface area (Å²) in [5, 5.41) is 21.8. The van der Waals surface area contributed by atoms with Crippen molar-refractivity contribution in [2.45, 2.75) is 38.9 Å². The summed E-state index contributed by atoms with van der Waals surface area (Å²) in [5.41, 5.74) is 0.426. The van der Waals surface area contributed by atoms with E-state index in [9.17, 15) is 19.5 Å². The minimum Gasteiger partial charge on any atom is -0.465 e. The van der Waals surface area contributed by atoms with Gasteiger partial charge in [0.1, 0.15) is 24.5 Å². The zero-order valence-electron chi connectivity index (χ0n) is 21.1. The number of ether oxygens (including phenoxy) is 3. The van der Waals surface area contributed by atoms with E-state index in [0.29, 0.717) is 55.1 Å². The minimum atomic E-state index is -1.03. The highest BCUT2D eigenvalue weighted by molar-refractivity contribution is 5.92. The predicted molar refractivity (Wildman–Crippen MR) is 127 cm³/mol. The molecule has 0 bridgehead atoms. The molecule has 5 rings (SSSR count). The number of β-amino-alcohol motifs (C(OH)–C–C–N with tert-alkyl or cyclic N) is 1. The first-order valence-electron chi connectivity index (χ1n) is 12.4. The third-order valence-corrected chi connectivity index (χ3v) is 7.43. The predicted octanol–water partition coefficient (Wildman–Crippen LogP) is 0.388. The molecule has 3 aliphatic heterocycles. The minimum absolute atomic E-state index is 0.00385. The van der Waals surface area contributed by atoms with Gasteiger partial charge in [-0.15, -0.1) is 5.10 Å². The Hall–Kier alpha value is -3.91. The molecule has 38 heavy (non-hydrogen) atoms. The number of cyclic esters (lactones) is 2. The molecular formula is C24H29N7O7. The molecule has 2 fully saturated rings. The van der Waals surface area contributed by atoms with Gasteiger partial charge in [0.15, 0.2) is 5.82 Å². The number of pyridine rings is 1. The molecule has 0 spiro atoms. The summed E-state index contributed by atoms with van der Waals surface area (Å²) >= 11 is 0. The van der Waals surface area contributed by atoms with Crippen molar-refractivity contribution < 1.29 is 33.7 Å². The van der Waals surface area contributed by atoms with Gasteiger partial charge in [0, 0.05) is 18.3 Å². The van der Waals surface area contributed by atoms with Crippen LogP contribution in [-0.2, 0) is 23.8 Å². The molecule has 14 heteroatoms. The SMILES string of the molecule is CCOC(=O)C1(C2CN(C3=C(C)C(=O)OC3)C(=O)O2)CCN(CC(O)c2ccc(-n3cnnn3)nc2)CC1. The van der Waals surface area contributed by atoms with Crippen molar-refractivity contribution in [1.82, 2.24) is 35.0 Å². The second-order valence-electron chi connectivity index (χ2n) is 9.53. The van der Waals surface area contributed by atoms with Gasteiger partial charge in [0.25, 0.3) is 0 Å². The van der Waals surface area contributed by atoms with E-state index < -0.39 is 35.7 Å². The second kappa shape index (κ2) is 10.5. The van der Waals surface area contributed by atoms with Crippen molar-refractivity contribution in [2.24, 2.45) is 5.41 Å². The number of hydrogen-bond acceptors (Lipinski definition) is 12. The van der Waals surface area contributed by atoms with Crippen molar-refractivity contribution in [1.29, 1.82) is 0 Å². The molecule has 2 saturated heterocycles. The van der Waals surface area contributed by atoms with Gasteiger partial charge in [-0.05, 0) is 56.3 Å². The van der Waals surface area contributed by atoms with E-state index in [1.165, 1.54) is 15.9 Å². The van der Waals surface area contributed by atoms with Gasteiger partial charge in [-0.2, -0.15) is 4.68 Å². The fraction of sp³-hybridized carbons (Fsp3) is 0.542. The first-order chi connectivity index (χ1) is 18.3. The van der Waals surface area contributed by atoms with E-state index >= 15 is 0 Å². The van der Waals surface area contributed by atoms with Crippen LogP contribution in [0.15, 0.2) is 35.9 Å². The quantitative estimate of drug-likeness (QED) is 0.372. The number of piperidine rings is 1. The summed E-state index contributed by atoms with van der Waals surface area (Å²) in [6, 6.07) is 3.49. The Morgan fingerprint density at radius 1 is 1.29 bits per heavy atom. The molecule has 0 radical (unpaired) electrons. The number of rotatable bonds is 8. The smallest absolute Gasteiger partial charge is 0.414 e. The third-order valence-electron chi connectivity index (χ3n) is 7.43. The van der Waals surface area contributed by atoms with E-state index in [-0.39, 0.29) is 19.8 Å². The Balaban J connectivity index is 1.25. The summed E-state index contributed by atoms with van der Waals surface area (Å²) in [7, 11) is 0. The highest BCUT2D eigenvalue weighted by Gasteiger charge is 2.55. The van der Waals surface area contributed by atoms with Crippen LogP contribution in [0.5, 0.6) is 0 Å². The summed E-state index contributed by atoms with van der Waals surface area (Å²) in [5.74, 6) is -0.349. The lowest BCUT2D eigenvalue weighted by atomic mass is 9.73. The molecule has 0 aliphatic carbocycles. The van der Waals surface area contributed by atoms with E-state index in [0.717, 1.165) is 0 Å². The molecule has 3 aliphatic rings. The van der Waals surface area contributed by atoms with E-state index in [2.05, 4.69) is 25.4 Å². The van der Waals surface area contributed by atoms with Gasteiger partial charge in [-0.1, -0.05) is 6.07 Å². The lowest BCUT2D eigenvalue weighted by molar-refractivity contribution is -0.166. The molecule has 202 valence electrons. The molecule has 1 N–H and O–H groups in total. The molecule has 2 aromatic heterocycles. The number of carbonyl (C=O) groups is 3. The van der Waals surface area contributed by atoms with Crippen molar-refractivity contribution in [3.05, 3.63) is 41.5 Å². The average molecular weight is 528 g/mol. The zero-order chi connectivity index (χ0) is 26.9. The van der Waals surface area contributed by atoms with E-state index in [1.54, 1.807) is 32.2 Å². The van der Waals surface area contributed by atoms with E-state index in [1.807, 2.05) is 0 Å². The summed E-state index contributed by atoms with van der Waals surface area (Å²) in [6.45, 7) is 4.98. The van der Waals surface area contributed by atoms with Gasteiger partial charge in [-0.25, -0.2) is 14.6 Å². The summed E-state index contributed by atoms with van der Waals surface area (Å²) in [4.78, 5) is 45.5. The maximum atomic E-state index is 13.2. The molecule has 1 amide bonds. The second-order valence-corrected chi connectivity index (χ2v) is 9.53. The lowest BCUT2D eigenvalue weighted by Crippen LogP contribution is -2.53. The van der Waals surface area contributed by atoms with Crippen LogP contribution in [0.1, 0.15) is 38.4 Å². The molecule has 14 nitrogen and oxygen atoms in total. The molecule has 0 saturated carbocycles. The standard InChI is InChI=1S/C24H29N7O7/c1-3-36-22(34)24(19-12-30(23(35)38-19)17-13-37-21(33)15(17)2)6-8-29(9-7-24)11-18(32)16-4-5-20(25-10-16)31-14-26-27-28-31/h4-5,10,14,18-19,32H,3,6-9,11-13H2,1-2H3. The van der Waals surface area contributed by atoms with Gasteiger partial charge in [0.2, 0.25) is 0 Å². The number of aromatic nitrogens is 5. The molecule has 2 atom stereocenters. The first-order valence-corrected chi connectivity index (χ1v) is 12.4. The van der Waals surface area contributed by atoms with Crippen LogP contribution in [0, 0.1) is 5.41 Å². The van der Waals surface area contributed by atoms with E-state index in [4.69, 9.17) is 14.2 Å². The Morgan fingerprint density at radius 3 is 2.68 bits per heavy atom. The van der Waals surface area contributed by atoms with Crippen molar-refractivity contribution in [3.63, 3.8) is 0 Å². The lowest BCUT2D eigenvalue weighted by Gasteiger charge is -2.42. The molecule has 2 aromatic rings. The maximum absolute atomic E-state index is 13.2. The van der Waals surface area contributed by atoms with Crippen LogP contribution in [0.25, 0.3) is 5.82 Å². The van der Waals surface area contributed by atoms with Crippen molar-refractivity contribution in [3.8, 4) is 5.82 Å². The highest BCUT2D eigenvalue weighted by Crippen LogP contribution is 2.42. The van der Waals surface area contributed by atoms with Gasteiger partial charge < -0.3 is 24.2 Å². The number of tetrazole rings is 1. The monoisotopic (exact) mass is 527 g/mol. The van der Waals surface area contributed by atoms with Crippen LogP contribution in [0.4, 0.5) is 4.79 Å². The Bertz CT molecular complexity index is 1220. The number of nitrogens with zero attached hydrogens (tertiary/aromatic N) is 7. The number of aliphatic hydroxyl groups is 1. The molecule has 0 aromatic carbocycles. The molecular weight excluding hydrogens is 498 g/mol. The fourth-order valence-electron chi connectivity index (χ4n) is 5.13. The van der Waals surface area contributed by atoms with Crippen LogP contribution >= 0.6 is 0 Å². The van der Waals surface area contributed by atoms with Crippen molar-refractivity contribution in [2.75, 3.05) is 39.4 Å². The normalized spacial score (nSPS) is 22.4. The molecule has 5 heterocycles. The highest BCUT2D eigenvalue weighted by atomic mass is 16.6.